The van der Waals surface area contributed by atoms with Gasteiger partial charge in [-0.1, -0.05) is 6.07 Å². The molecule has 0 radical (unpaired) electrons. The highest BCUT2D eigenvalue weighted by Gasteiger charge is 2.42. The Kier molecular flexibility index (Phi) is 5.24. The molecule has 1 saturated heterocycles. The smallest absolute Gasteiger partial charge is 0.258 e. The van der Waals surface area contributed by atoms with Gasteiger partial charge in [-0.15, -0.1) is 0 Å². The molecule has 3 aromatic heterocycles. The zero-order chi connectivity index (χ0) is 21.5. The van der Waals surface area contributed by atoms with E-state index in [-0.39, 0.29) is 11.7 Å². The summed E-state index contributed by atoms with van der Waals surface area (Å²) >= 11 is 0. The number of rotatable bonds is 4. The molecule has 1 aliphatic heterocycles. The number of aliphatic hydroxyl groups excluding tert-OH is 1. The molecule has 0 amide bonds. The fraction of sp³-hybridized carbons (Fsp3) is 0.458. The summed E-state index contributed by atoms with van der Waals surface area (Å²) in [4.78, 5) is 23.9. The van der Waals surface area contributed by atoms with Crippen LogP contribution in [-0.4, -0.2) is 49.7 Å². The van der Waals surface area contributed by atoms with Crippen molar-refractivity contribution in [1.82, 2.24) is 19.3 Å². The van der Waals surface area contributed by atoms with Crippen LogP contribution < -0.4 is 10.3 Å². The minimum atomic E-state index is -0.481. The van der Waals surface area contributed by atoms with Gasteiger partial charge in [0.1, 0.15) is 17.5 Å². The molecule has 2 fully saturated rings. The third-order valence-electron chi connectivity index (χ3n) is 6.63. The maximum atomic E-state index is 12.4. The van der Waals surface area contributed by atoms with Crippen molar-refractivity contribution in [2.75, 3.05) is 13.1 Å². The van der Waals surface area contributed by atoms with Gasteiger partial charge in [0.25, 0.3) is 5.56 Å². The molecule has 1 saturated carbocycles. The van der Waals surface area contributed by atoms with Crippen LogP contribution in [0.1, 0.15) is 29.9 Å². The van der Waals surface area contributed by atoms with Gasteiger partial charge in [0.15, 0.2) is 0 Å². The quantitative estimate of drug-likeness (QED) is 0.698. The molecule has 7 heteroatoms. The zero-order valence-corrected chi connectivity index (χ0v) is 17.9. The number of ether oxygens (including phenoxy) is 1. The van der Waals surface area contributed by atoms with E-state index in [2.05, 4.69) is 14.9 Å². The number of hydrogen-bond donors (Lipinski definition) is 1. The lowest BCUT2D eigenvalue weighted by molar-refractivity contribution is -0.0236. The van der Waals surface area contributed by atoms with Crippen LogP contribution in [0.4, 0.5) is 0 Å². The molecule has 4 heterocycles. The van der Waals surface area contributed by atoms with E-state index in [1.165, 1.54) is 0 Å². The summed E-state index contributed by atoms with van der Waals surface area (Å²) in [6, 6.07) is 11.1. The lowest BCUT2D eigenvalue weighted by Crippen LogP contribution is -2.42. The van der Waals surface area contributed by atoms with Crippen molar-refractivity contribution in [3.05, 3.63) is 70.0 Å². The second-order valence-electron chi connectivity index (χ2n) is 8.96. The molecular formula is C24H28N4O3. The first kappa shape index (κ1) is 20.2. The van der Waals surface area contributed by atoms with Crippen LogP contribution in [-0.2, 0) is 6.54 Å². The molecule has 0 spiro atoms. The minimum Gasteiger partial charge on any atom is -0.486 e. The standard InChI is InChI=1S/C24H28N4O3/c1-15-6-7-21(16(2)25-15)31-22-10-18-13-27(12-17(18)9-20(22)29)14-19-11-24(30)28-8-4-3-5-23(28)26-19/h3-8,11,17-18,20,22,29H,9-10,12-14H2,1-2H3/t17-,18+,20+,22+/m0/s1. The number of pyridine rings is 2. The van der Waals surface area contributed by atoms with Gasteiger partial charge in [-0.3, -0.25) is 19.1 Å². The first-order chi connectivity index (χ1) is 15.0. The number of aryl methyl sites for hydroxylation is 2. The summed E-state index contributed by atoms with van der Waals surface area (Å²) < 4.78 is 7.75. The highest BCUT2D eigenvalue weighted by Crippen LogP contribution is 2.38. The van der Waals surface area contributed by atoms with Gasteiger partial charge in [0, 0.05) is 37.6 Å². The fourth-order valence-electron chi connectivity index (χ4n) is 5.12. The molecule has 0 aromatic carbocycles. The van der Waals surface area contributed by atoms with E-state index in [1.807, 2.05) is 44.2 Å². The SMILES string of the molecule is Cc1ccc(O[C@@H]2C[C@@H]3CN(Cc4cc(=O)n5ccccc5n4)C[C@@H]3C[C@H]2O)c(C)n1. The van der Waals surface area contributed by atoms with Crippen LogP contribution in [0.2, 0.25) is 0 Å². The first-order valence-corrected chi connectivity index (χ1v) is 10.9. The summed E-state index contributed by atoms with van der Waals surface area (Å²) in [5.41, 5.74) is 3.24. The van der Waals surface area contributed by atoms with E-state index < -0.39 is 6.10 Å². The Hall–Kier alpha value is -2.77. The van der Waals surface area contributed by atoms with Gasteiger partial charge in [-0.2, -0.15) is 0 Å². The predicted molar refractivity (Wildman–Crippen MR) is 117 cm³/mol. The summed E-state index contributed by atoms with van der Waals surface area (Å²) in [5.74, 6) is 1.66. The summed E-state index contributed by atoms with van der Waals surface area (Å²) in [5, 5.41) is 10.7. The maximum Gasteiger partial charge on any atom is 0.258 e. The van der Waals surface area contributed by atoms with Crippen LogP contribution >= 0.6 is 0 Å². The molecule has 7 nitrogen and oxygen atoms in total. The predicted octanol–water partition coefficient (Wildman–Crippen LogP) is 2.36. The Morgan fingerprint density at radius 3 is 2.71 bits per heavy atom. The molecule has 0 bridgehead atoms. The highest BCUT2D eigenvalue weighted by molar-refractivity contribution is 5.38. The van der Waals surface area contributed by atoms with Gasteiger partial charge in [-0.05, 0) is 62.8 Å². The monoisotopic (exact) mass is 420 g/mol. The van der Waals surface area contributed by atoms with Crippen molar-refractivity contribution in [2.45, 2.75) is 45.4 Å². The summed E-state index contributed by atoms with van der Waals surface area (Å²) in [6.07, 6.45) is 2.60. The van der Waals surface area contributed by atoms with Crippen molar-refractivity contribution in [2.24, 2.45) is 11.8 Å². The molecule has 3 aromatic rings. The van der Waals surface area contributed by atoms with E-state index >= 15 is 0 Å². The van der Waals surface area contributed by atoms with E-state index in [4.69, 9.17) is 4.74 Å². The zero-order valence-electron chi connectivity index (χ0n) is 17.9. The van der Waals surface area contributed by atoms with Crippen LogP contribution in [0.15, 0.2) is 47.4 Å². The number of aromatic nitrogens is 3. The molecule has 162 valence electrons. The molecule has 2 aliphatic rings. The number of nitrogens with zero attached hydrogens (tertiary/aromatic N) is 4. The Balaban J connectivity index is 1.27. The molecule has 1 aliphatic carbocycles. The van der Waals surface area contributed by atoms with E-state index in [9.17, 15) is 9.90 Å². The number of likely N-dealkylation sites (tertiary alicyclic amines) is 1. The Morgan fingerprint density at radius 1 is 1.10 bits per heavy atom. The lowest BCUT2D eigenvalue weighted by atomic mass is 9.78. The summed E-state index contributed by atoms with van der Waals surface area (Å²) in [7, 11) is 0. The second kappa shape index (κ2) is 8.05. The van der Waals surface area contributed by atoms with Crippen LogP contribution in [0.3, 0.4) is 0 Å². The average molecular weight is 421 g/mol. The first-order valence-electron chi connectivity index (χ1n) is 10.9. The second-order valence-corrected chi connectivity index (χ2v) is 8.96. The van der Waals surface area contributed by atoms with E-state index in [0.29, 0.717) is 24.0 Å². The Morgan fingerprint density at radius 2 is 1.90 bits per heavy atom. The Bertz CT molecular complexity index is 1160. The van der Waals surface area contributed by atoms with Gasteiger partial charge >= 0.3 is 0 Å². The topological polar surface area (TPSA) is 80.0 Å². The summed E-state index contributed by atoms with van der Waals surface area (Å²) in [6.45, 7) is 6.39. The number of aliphatic hydroxyl groups is 1. The van der Waals surface area contributed by atoms with E-state index in [0.717, 1.165) is 48.8 Å². The molecule has 31 heavy (non-hydrogen) atoms. The Labute approximate surface area is 181 Å². The van der Waals surface area contributed by atoms with Crippen LogP contribution in [0.25, 0.3) is 5.65 Å². The van der Waals surface area contributed by atoms with Crippen molar-refractivity contribution in [3.63, 3.8) is 0 Å². The van der Waals surface area contributed by atoms with Gasteiger partial charge in [0.05, 0.1) is 17.5 Å². The maximum absolute atomic E-state index is 12.4. The number of hydrogen-bond acceptors (Lipinski definition) is 6. The number of fused-ring (bicyclic) bond motifs is 2. The van der Waals surface area contributed by atoms with Gasteiger partial charge < -0.3 is 9.84 Å². The van der Waals surface area contributed by atoms with Crippen LogP contribution in [0, 0.1) is 25.7 Å². The van der Waals surface area contributed by atoms with Gasteiger partial charge in [0.2, 0.25) is 0 Å². The van der Waals surface area contributed by atoms with Crippen LogP contribution in [0.5, 0.6) is 5.75 Å². The molecule has 4 atom stereocenters. The highest BCUT2D eigenvalue weighted by atomic mass is 16.5. The third kappa shape index (κ3) is 4.07. The third-order valence-corrected chi connectivity index (χ3v) is 6.63. The lowest BCUT2D eigenvalue weighted by Gasteiger charge is -2.35. The van der Waals surface area contributed by atoms with Crippen molar-refractivity contribution in [3.8, 4) is 5.75 Å². The van der Waals surface area contributed by atoms with Gasteiger partial charge in [-0.25, -0.2) is 4.98 Å². The molecule has 1 N–H and O–H groups in total. The fourth-order valence-corrected chi connectivity index (χ4v) is 5.12. The molecule has 5 rings (SSSR count). The van der Waals surface area contributed by atoms with Crippen molar-refractivity contribution >= 4 is 5.65 Å². The molecule has 0 unspecified atom stereocenters. The molecular weight excluding hydrogens is 392 g/mol. The minimum absolute atomic E-state index is 0.0526. The average Bonchev–Trinajstić information content (AvgIpc) is 3.11. The normalized spacial score (nSPS) is 26.2. The van der Waals surface area contributed by atoms with Crippen molar-refractivity contribution in [1.29, 1.82) is 0 Å². The van der Waals surface area contributed by atoms with Crippen molar-refractivity contribution < 1.29 is 9.84 Å². The van der Waals surface area contributed by atoms with E-state index in [1.54, 1.807) is 16.7 Å². The largest absolute Gasteiger partial charge is 0.486 e.